The summed E-state index contributed by atoms with van der Waals surface area (Å²) in [7, 11) is 0. The predicted octanol–water partition coefficient (Wildman–Crippen LogP) is 2.16. The molecule has 1 amide bonds. The number of hydrogen-bond donors (Lipinski definition) is 1. The zero-order chi connectivity index (χ0) is 15.0. The van der Waals surface area contributed by atoms with Crippen molar-refractivity contribution in [2.75, 3.05) is 13.2 Å². The number of carbonyl (C=O) groups is 2. The fourth-order valence-corrected chi connectivity index (χ4v) is 1.57. The first-order chi connectivity index (χ1) is 9.52. The van der Waals surface area contributed by atoms with Crippen molar-refractivity contribution in [1.29, 1.82) is 0 Å². The van der Waals surface area contributed by atoms with E-state index < -0.39 is 0 Å². The number of hydrogen-bond acceptors (Lipinski definition) is 4. The molecule has 0 atom stereocenters. The van der Waals surface area contributed by atoms with Crippen LogP contribution in [0.1, 0.15) is 37.6 Å². The van der Waals surface area contributed by atoms with Gasteiger partial charge in [0.05, 0.1) is 19.1 Å². The molecule has 5 nitrogen and oxygen atoms in total. The molecule has 110 valence electrons. The van der Waals surface area contributed by atoms with Crippen LogP contribution in [0.4, 0.5) is 0 Å². The Kier molecular flexibility index (Phi) is 6.56. The van der Waals surface area contributed by atoms with Crippen LogP contribution in [-0.4, -0.2) is 31.1 Å². The average molecular weight is 279 g/mol. The molecule has 1 N–H and O–H groups in total. The Morgan fingerprint density at radius 2 is 1.85 bits per heavy atom. The van der Waals surface area contributed by atoms with Gasteiger partial charge in [0.2, 0.25) is 0 Å². The monoisotopic (exact) mass is 279 g/mol. The summed E-state index contributed by atoms with van der Waals surface area (Å²) >= 11 is 0. The Hall–Kier alpha value is -2.04. The maximum absolute atomic E-state index is 11.8. The molecule has 1 rings (SSSR count). The number of carbonyl (C=O) groups excluding carboxylic acids is 2. The topological polar surface area (TPSA) is 64.6 Å². The molecule has 5 heteroatoms. The number of rotatable bonds is 7. The summed E-state index contributed by atoms with van der Waals surface area (Å²) in [6, 6.07) is 6.88. The van der Waals surface area contributed by atoms with Gasteiger partial charge in [-0.3, -0.25) is 9.59 Å². The molecule has 0 aliphatic heterocycles. The molecule has 0 saturated carbocycles. The Morgan fingerprint density at radius 1 is 1.20 bits per heavy atom. The first kappa shape index (κ1) is 16.0. The van der Waals surface area contributed by atoms with Gasteiger partial charge >= 0.3 is 5.97 Å². The minimum absolute atomic E-state index is 0.0965. The summed E-state index contributed by atoms with van der Waals surface area (Å²) in [5, 5.41) is 2.67. The summed E-state index contributed by atoms with van der Waals surface area (Å²) in [5.74, 6) is 0.196. The van der Waals surface area contributed by atoms with Gasteiger partial charge in [-0.15, -0.1) is 0 Å². The summed E-state index contributed by atoms with van der Waals surface area (Å²) in [5.41, 5.74) is 0.532. The smallest absolute Gasteiger partial charge is 0.307 e. The van der Waals surface area contributed by atoms with Gasteiger partial charge in [-0.05, 0) is 45.0 Å². The van der Waals surface area contributed by atoms with Crippen molar-refractivity contribution in [3.63, 3.8) is 0 Å². The predicted molar refractivity (Wildman–Crippen MR) is 75.8 cm³/mol. The van der Waals surface area contributed by atoms with E-state index in [0.717, 1.165) is 5.75 Å². The third kappa shape index (κ3) is 5.73. The van der Waals surface area contributed by atoms with E-state index in [1.807, 2.05) is 13.8 Å². The Morgan fingerprint density at radius 3 is 2.40 bits per heavy atom. The van der Waals surface area contributed by atoms with Crippen LogP contribution in [-0.2, 0) is 9.53 Å². The van der Waals surface area contributed by atoms with E-state index in [1.54, 1.807) is 31.2 Å². The van der Waals surface area contributed by atoms with Crippen LogP contribution in [0.5, 0.6) is 5.75 Å². The lowest BCUT2D eigenvalue weighted by molar-refractivity contribution is -0.142. The highest BCUT2D eigenvalue weighted by Crippen LogP contribution is 2.13. The van der Waals surface area contributed by atoms with Crippen molar-refractivity contribution in [3.8, 4) is 5.75 Å². The highest BCUT2D eigenvalue weighted by atomic mass is 16.5. The summed E-state index contributed by atoms with van der Waals surface area (Å²) in [6.07, 6.45) is 0.271. The second kappa shape index (κ2) is 8.19. The van der Waals surface area contributed by atoms with Crippen molar-refractivity contribution in [2.45, 2.75) is 33.3 Å². The number of amides is 1. The molecule has 1 aromatic carbocycles. The fraction of sp³-hybridized carbons (Fsp3) is 0.467. The maximum Gasteiger partial charge on any atom is 0.307 e. The first-order valence-corrected chi connectivity index (χ1v) is 6.73. The fourth-order valence-electron chi connectivity index (χ4n) is 1.57. The van der Waals surface area contributed by atoms with Gasteiger partial charge in [0.15, 0.2) is 0 Å². The van der Waals surface area contributed by atoms with Crippen LogP contribution >= 0.6 is 0 Å². The molecular formula is C15H21NO4. The lowest BCUT2D eigenvalue weighted by Crippen LogP contribution is -2.26. The van der Waals surface area contributed by atoms with Crippen molar-refractivity contribution < 1.29 is 19.1 Å². The molecular weight excluding hydrogens is 258 g/mol. The van der Waals surface area contributed by atoms with Crippen LogP contribution in [0.15, 0.2) is 24.3 Å². The second-order valence-electron chi connectivity index (χ2n) is 4.50. The summed E-state index contributed by atoms with van der Waals surface area (Å²) in [4.78, 5) is 22.9. The minimum Gasteiger partial charge on any atom is -0.491 e. The SMILES string of the molecule is CCOC(=O)CCNC(=O)c1ccc(OC(C)C)cc1. The number of ether oxygens (including phenoxy) is 2. The molecule has 0 spiro atoms. The van der Waals surface area contributed by atoms with E-state index in [-0.39, 0.29) is 30.9 Å². The van der Waals surface area contributed by atoms with E-state index in [9.17, 15) is 9.59 Å². The van der Waals surface area contributed by atoms with Crippen LogP contribution in [0, 0.1) is 0 Å². The normalized spacial score (nSPS) is 10.2. The molecule has 0 fully saturated rings. The van der Waals surface area contributed by atoms with Crippen LogP contribution in [0.3, 0.4) is 0 Å². The van der Waals surface area contributed by atoms with E-state index >= 15 is 0 Å². The molecule has 0 aromatic heterocycles. The van der Waals surface area contributed by atoms with Crippen molar-refractivity contribution in [1.82, 2.24) is 5.32 Å². The summed E-state index contributed by atoms with van der Waals surface area (Å²) in [6.45, 7) is 6.25. The minimum atomic E-state index is -0.312. The van der Waals surface area contributed by atoms with Gasteiger partial charge in [-0.1, -0.05) is 0 Å². The molecule has 0 saturated heterocycles. The molecule has 0 unspecified atom stereocenters. The molecule has 1 aromatic rings. The number of benzene rings is 1. The first-order valence-electron chi connectivity index (χ1n) is 6.73. The van der Waals surface area contributed by atoms with Gasteiger partial charge in [0, 0.05) is 12.1 Å². The number of esters is 1. The van der Waals surface area contributed by atoms with Gasteiger partial charge < -0.3 is 14.8 Å². The molecule has 0 bridgehead atoms. The van der Waals surface area contributed by atoms with Crippen molar-refractivity contribution >= 4 is 11.9 Å². The Balaban J connectivity index is 2.41. The lowest BCUT2D eigenvalue weighted by atomic mass is 10.2. The van der Waals surface area contributed by atoms with E-state index in [4.69, 9.17) is 9.47 Å². The van der Waals surface area contributed by atoms with Crippen LogP contribution in [0.2, 0.25) is 0 Å². The Bertz CT molecular complexity index is 440. The van der Waals surface area contributed by atoms with Gasteiger partial charge in [0.1, 0.15) is 5.75 Å². The third-order valence-corrected chi connectivity index (χ3v) is 2.41. The second-order valence-corrected chi connectivity index (χ2v) is 4.50. The molecule has 0 aliphatic carbocycles. The zero-order valence-corrected chi connectivity index (χ0v) is 12.1. The lowest BCUT2D eigenvalue weighted by Gasteiger charge is -2.10. The Labute approximate surface area is 119 Å². The molecule has 0 aliphatic rings. The molecule has 0 radical (unpaired) electrons. The third-order valence-electron chi connectivity index (χ3n) is 2.41. The summed E-state index contributed by atoms with van der Waals surface area (Å²) < 4.78 is 10.3. The van der Waals surface area contributed by atoms with E-state index in [1.165, 1.54) is 0 Å². The molecule has 20 heavy (non-hydrogen) atoms. The zero-order valence-electron chi connectivity index (χ0n) is 12.1. The van der Waals surface area contributed by atoms with Gasteiger partial charge in [-0.2, -0.15) is 0 Å². The van der Waals surface area contributed by atoms with Gasteiger partial charge in [0.25, 0.3) is 5.91 Å². The van der Waals surface area contributed by atoms with Crippen molar-refractivity contribution in [2.24, 2.45) is 0 Å². The van der Waals surface area contributed by atoms with Crippen LogP contribution in [0.25, 0.3) is 0 Å². The van der Waals surface area contributed by atoms with Crippen molar-refractivity contribution in [3.05, 3.63) is 29.8 Å². The largest absolute Gasteiger partial charge is 0.491 e. The average Bonchev–Trinajstić information content (AvgIpc) is 2.39. The molecule has 0 heterocycles. The van der Waals surface area contributed by atoms with Crippen LogP contribution < -0.4 is 10.1 Å². The standard InChI is InChI=1S/C15H21NO4/c1-4-19-14(17)9-10-16-15(18)12-5-7-13(8-6-12)20-11(2)3/h5-8,11H,4,9-10H2,1-3H3,(H,16,18). The highest BCUT2D eigenvalue weighted by Gasteiger charge is 2.07. The number of nitrogens with one attached hydrogen (secondary N) is 1. The van der Waals surface area contributed by atoms with E-state index in [2.05, 4.69) is 5.32 Å². The quantitative estimate of drug-likeness (QED) is 0.777. The van der Waals surface area contributed by atoms with E-state index in [0.29, 0.717) is 12.2 Å². The highest BCUT2D eigenvalue weighted by molar-refractivity contribution is 5.94. The van der Waals surface area contributed by atoms with Gasteiger partial charge in [-0.25, -0.2) is 0 Å². The maximum atomic E-state index is 11.8.